The summed E-state index contributed by atoms with van der Waals surface area (Å²) in [6.45, 7) is -0.711. The summed E-state index contributed by atoms with van der Waals surface area (Å²) >= 11 is 0. The van der Waals surface area contributed by atoms with Gasteiger partial charge in [0.1, 0.15) is 18.5 Å². The number of nitriles is 1. The van der Waals surface area contributed by atoms with Gasteiger partial charge in [0.15, 0.2) is 0 Å². The first kappa shape index (κ1) is 25.0. The van der Waals surface area contributed by atoms with Crippen LogP contribution in [0.1, 0.15) is 11.1 Å². The van der Waals surface area contributed by atoms with Crippen LogP contribution in [0.25, 0.3) is 0 Å². The summed E-state index contributed by atoms with van der Waals surface area (Å²) in [6, 6.07) is 9.27. The Morgan fingerprint density at radius 1 is 1.18 bits per heavy atom. The Balaban J connectivity index is 1.75. The lowest BCUT2D eigenvalue weighted by Crippen LogP contribution is -2.42. The molecule has 0 bridgehead atoms. The fourth-order valence-corrected chi connectivity index (χ4v) is 3.26. The van der Waals surface area contributed by atoms with E-state index < -0.39 is 48.4 Å². The molecule has 1 aliphatic heterocycles. The topological polar surface area (TPSA) is 86.6 Å². The third-order valence-electron chi connectivity index (χ3n) is 4.82. The highest BCUT2D eigenvalue weighted by Crippen LogP contribution is 2.39. The molecular formula is C21H18F6N4O3. The fourth-order valence-electron chi connectivity index (χ4n) is 3.26. The molecule has 1 saturated heterocycles. The number of halogens is 6. The zero-order valence-corrected chi connectivity index (χ0v) is 17.5. The fraction of sp³-hybridized carbons (Fsp3) is 0.333. The van der Waals surface area contributed by atoms with Gasteiger partial charge in [0, 0.05) is 18.4 Å². The Morgan fingerprint density at radius 3 is 2.41 bits per heavy atom. The highest BCUT2D eigenvalue weighted by atomic mass is 19.4. The van der Waals surface area contributed by atoms with Crippen LogP contribution < -0.4 is 20.3 Å². The van der Waals surface area contributed by atoms with E-state index in [2.05, 4.69) is 10.6 Å². The first-order chi connectivity index (χ1) is 15.9. The monoisotopic (exact) mass is 488 g/mol. The molecule has 2 atom stereocenters. The maximum atomic E-state index is 13.6. The van der Waals surface area contributed by atoms with Crippen LogP contribution in [0.15, 0.2) is 42.5 Å². The van der Waals surface area contributed by atoms with Gasteiger partial charge in [-0.2, -0.15) is 31.6 Å². The van der Waals surface area contributed by atoms with Crippen molar-refractivity contribution >= 4 is 17.4 Å². The van der Waals surface area contributed by atoms with E-state index in [1.807, 2.05) is 0 Å². The molecule has 2 aromatic rings. The Bertz CT molecular complexity index is 1070. The molecule has 182 valence electrons. The lowest BCUT2D eigenvalue weighted by atomic mass is 10.1. The number of anilines is 2. The molecule has 0 radical (unpaired) electrons. The van der Waals surface area contributed by atoms with Gasteiger partial charge in [-0.15, -0.1) is 0 Å². The Morgan fingerprint density at radius 2 is 1.85 bits per heavy atom. The minimum absolute atomic E-state index is 0.283. The number of hydrogen-bond acceptors (Lipinski definition) is 5. The molecule has 2 aromatic carbocycles. The van der Waals surface area contributed by atoms with E-state index in [1.165, 1.54) is 37.4 Å². The molecule has 0 aliphatic carbocycles. The van der Waals surface area contributed by atoms with Crippen LogP contribution in [0.3, 0.4) is 0 Å². The van der Waals surface area contributed by atoms with Gasteiger partial charge >= 0.3 is 18.4 Å². The van der Waals surface area contributed by atoms with E-state index in [0.29, 0.717) is 16.7 Å². The molecule has 0 saturated carbocycles. The lowest BCUT2D eigenvalue weighted by molar-refractivity contribution is -0.215. The van der Waals surface area contributed by atoms with Crippen molar-refractivity contribution in [1.29, 1.82) is 5.26 Å². The summed E-state index contributed by atoms with van der Waals surface area (Å²) in [5.41, 5.74) is -1.97. The van der Waals surface area contributed by atoms with Gasteiger partial charge in [0.2, 0.25) is 6.23 Å². The number of nitrogens with zero attached hydrogens (tertiary/aromatic N) is 2. The highest BCUT2D eigenvalue weighted by molar-refractivity contribution is 5.88. The molecule has 2 N–H and O–H groups in total. The van der Waals surface area contributed by atoms with Crippen molar-refractivity contribution in [3.63, 3.8) is 0 Å². The van der Waals surface area contributed by atoms with Gasteiger partial charge in [-0.05, 0) is 42.5 Å². The second kappa shape index (κ2) is 9.68. The van der Waals surface area contributed by atoms with Gasteiger partial charge in [-0.1, -0.05) is 0 Å². The number of ether oxygens (including phenoxy) is 2. The normalized spacial score (nSPS) is 18.4. The smallest absolute Gasteiger partial charge is 0.433 e. The second-order valence-electron chi connectivity index (χ2n) is 7.18. The van der Waals surface area contributed by atoms with E-state index in [4.69, 9.17) is 14.7 Å². The molecule has 0 aromatic heterocycles. The summed E-state index contributed by atoms with van der Waals surface area (Å²) in [4.78, 5) is 11.9. The first-order valence-corrected chi connectivity index (χ1v) is 9.74. The standard InChI is InChI=1S/C21H18F6N4O3/c1-29-19(32)30-13-3-6-15(7-4-13)33-11-16-10-31(18(34-16)21(25,26)27)14-5-2-12(9-28)17(8-14)20(22,23)24/h2-8,16,18H,10-11H2,1H3,(H2,29,30,32). The average molecular weight is 488 g/mol. The molecular weight excluding hydrogens is 470 g/mol. The van der Waals surface area contributed by atoms with E-state index in [0.717, 1.165) is 12.1 Å². The second-order valence-corrected chi connectivity index (χ2v) is 7.18. The van der Waals surface area contributed by atoms with Crippen molar-refractivity contribution in [3.8, 4) is 11.8 Å². The van der Waals surface area contributed by atoms with E-state index in [1.54, 1.807) is 0 Å². The largest absolute Gasteiger partial charge is 0.491 e. The van der Waals surface area contributed by atoms with Crippen LogP contribution in [0.5, 0.6) is 5.75 Å². The molecule has 1 aliphatic rings. The molecule has 2 unspecified atom stereocenters. The molecule has 2 amide bonds. The summed E-state index contributed by atoms with van der Waals surface area (Å²) in [6.07, 6.45) is -13.4. The Labute approximate surface area is 189 Å². The van der Waals surface area contributed by atoms with Crippen LogP contribution in [0.2, 0.25) is 0 Å². The molecule has 1 fully saturated rings. The number of nitrogens with one attached hydrogen (secondary N) is 2. The minimum Gasteiger partial charge on any atom is -0.491 e. The molecule has 3 rings (SSSR count). The summed E-state index contributed by atoms with van der Waals surface area (Å²) < 4.78 is 91.0. The summed E-state index contributed by atoms with van der Waals surface area (Å²) in [7, 11) is 1.44. The number of urea groups is 1. The van der Waals surface area contributed by atoms with Crippen molar-refractivity contribution in [3.05, 3.63) is 53.6 Å². The SMILES string of the molecule is CNC(=O)Nc1ccc(OCC2CN(c3ccc(C#N)c(C(F)(F)F)c3)C(C(F)(F)F)O2)cc1. The van der Waals surface area contributed by atoms with Gasteiger partial charge in [0.25, 0.3) is 0 Å². The number of rotatable bonds is 5. The first-order valence-electron chi connectivity index (χ1n) is 9.74. The molecule has 34 heavy (non-hydrogen) atoms. The molecule has 1 heterocycles. The van der Waals surface area contributed by atoms with Crippen LogP contribution in [0.4, 0.5) is 42.5 Å². The van der Waals surface area contributed by atoms with Crippen LogP contribution in [0, 0.1) is 11.3 Å². The zero-order chi connectivity index (χ0) is 25.1. The van der Waals surface area contributed by atoms with Crippen LogP contribution in [-0.4, -0.2) is 44.7 Å². The van der Waals surface area contributed by atoms with Crippen molar-refractivity contribution in [1.82, 2.24) is 5.32 Å². The Hall–Kier alpha value is -3.66. The number of amides is 2. The molecule has 0 spiro atoms. The van der Waals surface area contributed by atoms with Gasteiger partial charge in [-0.25, -0.2) is 4.79 Å². The van der Waals surface area contributed by atoms with Crippen molar-refractivity contribution in [2.75, 3.05) is 30.4 Å². The maximum Gasteiger partial charge on any atom is 0.433 e. The minimum atomic E-state index is -4.92. The van der Waals surface area contributed by atoms with Crippen molar-refractivity contribution in [2.45, 2.75) is 24.7 Å². The van der Waals surface area contributed by atoms with Crippen LogP contribution in [-0.2, 0) is 10.9 Å². The predicted octanol–water partition coefficient (Wildman–Crippen LogP) is 4.50. The summed E-state index contributed by atoms with van der Waals surface area (Å²) in [5.74, 6) is 0.283. The average Bonchev–Trinajstić information content (AvgIpc) is 3.22. The van der Waals surface area contributed by atoms with Crippen LogP contribution >= 0.6 is 0 Å². The van der Waals surface area contributed by atoms with E-state index in [9.17, 15) is 31.1 Å². The predicted molar refractivity (Wildman–Crippen MR) is 108 cm³/mol. The van der Waals surface area contributed by atoms with E-state index >= 15 is 0 Å². The number of carbonyl (C=O) groups is 1. The van der Waals surface area contributed by atoms with Gasteiger partial charge in [-0.3, -0.25) is 0 Å². The zero-order valence-electron chi connectivity index (χ0n) is 17.5. The van der Waals surface area contributed by atoms with Gasteiger partial charge < -0.3 is 25.0 Å². The van der Waals surface area contributed by atoms with Crippen molar-refractivity contribution < 1.29 is 40.6 Å². The number of carbonyl (C=O) groups excluding carboxylic acids is 1. The lowest BCUT2D eigenvalue weighted by Gasteiger charge is -2.27. The summed E-state index contributed by atoms with van der Waals surface area (Å²) in [5, 5.41) is 13.8. The molecule has 13 heteroatoms. The maximum absolute atomic E-state index is 13.6. The number of alkyl halides is 6. The Kier molecular flexibility index (Phi) is 7.11. The third kappa shape index (κ3) is 5.82. The quantitative estimate of drug-likeness (QED) is 0.606. The highest BCUT2D eigenvalue weighted by Gasteiger charge is 2.51. The van der Waals surface area contributed by atoms with Gasteiger partial charge in [0.05, 0.1) is 23.7 Å². The number of hydrogen-bond donors (Lipinski definition) is 2. The molecule has 7 nitrogen and oxygen atoms in total. The number of benzene rings is 2. The van der Waals surface area contributed by atoms with Crippen molar-refractivity contribution in [2.24, 2.45) is 0 Å². The third-order valence-corrected chi connectivity index (χ3v) is 4.82. The van der Waals surface area contributed by atoms with E-state index in [-0.39, 0.29) is 18.0 Å².